The number of hydrogen-bond donors (Lipinski definition) is 0. The number of ether oxygens (including phenoxy) is 1. The zero-order chi connectivity index (χ0) is 27.4. The highest BCUT2D eigenvalue weighted by atomic mass is 28.4. The summed E-state index contributed by atoms with van der Waals surface area (Å²) in [7, 11) is -1.78. The average molecular weight is 549 g/mol. The van der Waals surface area contributed by atoms with Gasteiger partial charge in [0.05, 0.1) is 12.9 Å². The smallest absolute Gasteiger partial charge is 0.305 e. The molecular formula is C31H56O4Si2. The van der Waals surface area contributed by atoms with Crippen molar-refractivity contribution in [2.75, 3.05) is 7.11 Å². The number of carbonyl (C=O) groups excluding carboxylic acids is 1. The minimum atomic E-state index is -1.74. The molecule has 3 saturated carbocycles. The molecule has 0 heterocycles. The molecule has 212 valence electrons. The van der Waals surface area contributed by atoms with Gasteiger partial charge in [-0.05, 0) is 137 Å². The molecule has 0 bridgehead atoms. The average Bonchev–Trinajstić information content (AvgIpc) is 3.13. The minimum Gasteiger partial charge on any atom is -0.547 e. The van der Waals surface area contributed by atoms with Crippen molar-refractivity contribution in [2.45, 2.75) is 124 Å². The van der Waals surface area contributed by atoms with E-state index in [0.29, 0.717) is 58.9 Å². The number of rotatable bonds is 8. The fourth-order valence-corrected chi connectivity index (χ4v) is 11.4. The zero-order valence-corrected chi connectivity index (χ0v) is 27.6. The first kappa shape index (κ1) is 29.4. The lowest BCUT2D eigenvalue weighted by molar-refractivity contribution is -0.141. The Morgan fingerprint density at radius 2 is 1.62 bits per heavy atom. The van der Waals surface area contributed by atoms with E-state index in [2.05, 4.69) is 66.1 Å². The zero-order valence-electron chi connectivity index (χ0n) is 25.6. The van der Waals surface area contributed by atoms with Crippen molar-refractivity contribution in [3.05, 3.63) is 11.8 Å². The lowest BCUT2D eigenvalue weighted by atomic mass is 9.46. The molecule has 4 aliphatic carbocycles. The standard InChI is InChI=1S/C31H56O4Si2/c1-21(11-14-28(32)33-4)24-12-13-25-29-26(16-18-31(24,25)3)30(2)17-15-23(34-36(5,6)7)19-22(30)20-27(29)35-37(8,9)10/h20-26,29H,11-19H2,1-10H3/t21-,22+,23-,24-,25+,26+,29?,30+,31?/m1/s1. The van der Waals surface area contributed by atoms with E-state index in [0.717, 1.165) is 12.8 Å². The van der Waals surface area contributed by atoms with Gasteiger partial charge >= 0.3 is 5.97 Å². The third-order valence-corrected chi connectivity index (χ3v) is 12.8. The second kappa shape index (κ2) is 10.4. The van der Waals surface area contributed by atoms with E-state index in [1.807, 2.05) is 0 Å². The van der Waals surface area contributed by atoms with Crippen LogP contribution < -0.4 is 0 Å². The first-order chi connectivity index (χ1) is 17.1. The maximum Gasteiger partial charge on any atom is 0.305 e. The maximum atomic E-state index is 11.9. The molecule has 4 rings (SSSR count). The van der Waals surface area contributed by atoms with Gasteiger partial charge in [-0.1, -0.05) is 20.8 Å². The van der Waals surface area contributed by atoms with E-state index in [9.17, 15) is 4.79 Å². The van der Waals surface area contributed by atoms with Gasteiger partial charge in [0.2, 0.25) is 8.32 Å². The van der Waals surface area contributed by atoms with Crippen LogP contribution in [0.15, 0.2) is 11.8 Å². The molecule has 0 N–H and O–H groups in total. The summed E-state index contributed by atoms with van der Waals surface area (Å²) in [6.07, 6.45) is 13.4. The normalized spacial score (nSPS) is 40.6. The molecule has 37 heavy (non-hydrogen) atoms. The predicted molar refractivity (Wildman–Crippen MR) is 157 cm³/mol. The Balaban J connectivity index is 1.63. The molecule has 0 radical (unpaired) electrons. The van der Waals surface area contributed by atoms with E-state index in [1.165, 1.54) is 51.4 Å². The van der Waals surface area contributed by atoms with Crippen LogP contribution in [-0.2, 0) is 18.4 Å². The molecule has 0 aromatic rings. The number of fused-ring (bicyclic) bond motifs is 5. The molecule has 0 aromatic carbocycles. The lowest BCUT2D eigenvalue weighted by Gasteiger charge is -2.60. The Bertz CT molecular complexity index is 873. The Morgan fingerprint density at radius 3 is 2.24 bits per heavy atom. The summed E-state index contributed by atoms with van der Waals surface area (Å²) in [6.45, 7) is 21.7. The van der Waals surface area contributed by atoms with Crippen molar-refractivity contribution < 1.29 is 18.4 Å². The summed E-state index contributed by atoms with van der Waals surface area (Å²) in [5.74, 6) is 5.05. The predicted octanol–water partition coefficient (Wildman–Crippen LogP) is 8.41. The quantitative estimate of drug-likeness (QED) is 0.226. The van der Waals surface area contributed by atoms with Gasteiger partial charge < -0.3 is 13.6 Å². The number of methoxy groups -OCH3 is 1. The van der Waals surface area contributed by atoms with Crippen molar-refractivity contribution in [2.24, 2.45) is 46.3 Å². The molecule has 3 fully saturated rings. The molecule has 0 saturated heterocycles. The van der Waals surface area contributed by atoms with Crippen molar-refractivity contribution in [3.8, 4) is 0 Å². The van der Waals surface area contributed by atoms with Gasteiger partial charge in [0.15, 0.2) is 8.32 Å². The highest BCUT2D eigenvalue weighted by Gasteiger charge is 2.62. The van der Waals surface area contributed by atoms with Gasteiger partial charge in [0.1, 0.15) is 0 Å². The van der Waals surface area contributed by atoms with Gasteiger partial charge in [-0.25, -0.2) is 0 Å². The van der Waals surface area contributed by atoms with Gasteiger partial charge in [0.25, 0.3) is 0 Å². The molecular weight excluding hydrogens is 493 g/mol. The second-order valence-corrected chi connectivity index (χ2v) is 24.5. The lowest BCUT2D eigenvalue weighted by Crippen LogP contribution is -2.55. The molecule has 9 atom stereocenters. The summed E-state index contributed by atoms with van der Waals surface area (Å²) in [5, 5.41) is 0. The van der Waals surface area contributed by atoms with Crippen molar-refractivity contribution in [1.29, 1.82) is 0 Å². The highest BCUT2D eigenvalue weighted by Crippen LogP contribution is 2.68. The third kappa shape index (κ3) is 5.96. The second-order valence-electron chi connectivity index (χ2n) is 15.6. The van der Waals surface area contributed by atoms with Crippen LogP contribution in [0, 0.1) is 46.3 Å². The van der Waals surface area contributed by atoms with Crippen LogP contribution >= 0.6 is 0 Å². The summed E-state index contributed by atoms with van der Waals surface area (Å²) >= 11 is 0. The summed E-state index contributed by atoms with van der Waals surface area (Å²) in [5.41, 5.74) is 0.687. The first-order valence-corrected chi connectivity index (χ1v) is 22.0. The van der Waals surface area contributed by atoms with Crippen LogP contribution in [0.1, 0.15) is 78.6 Å². The summed E-state index contributed by atoms with van der Waals surface area (Å²) in [4.78, 5) is 11.9. The fourth-order valence-electron chi connectivity index (χ4n) is 9.32. The van der Waals surface area contributed by atoms with Gasteiger partial charge in [-0.2, -0.15) is 0 Å². The Morgan fingerprint density at radius 1 is 0.973 bits per heavy atom. The third-order valence-electron chi connectivity index (χ3n) is 10.9. The summed E-state index contributed by atoms with van der Waals surface area (Å²) in [6, 6.07) is 0. The summed E-state index contributed by atoms with van der Waals surface area (Å²) < 4.78 is 18.6. The molecule has 0 aromatic heterocycles. The SMILES string of the molecule is COC(=O)CC[C@@H](C)[C@H]1CC[C@H]2C3C(O[Si](C)(C)C)=C[C@@H]4C[C@H](O[Si](C)(C)C)CC[C@]4(C)[C@H]3CCC12C. The van der Waals surface area contributed by atoms with Crippen LogP contribution in [0.3, 0.4) is 0 Å². The van der Waals surface area contributed by atoms with E-state index >= 15 is 0 Å². The van der Waals surface area contributed by atoms with Crippen LogP contribution in [0.2, 0.25) is 39.3 Å². The molecule has 2 unspecified atom stereocenters. The van der Waals surface area contributed by atoms with E-state index in [4.69, 9.17) is 13.6 Å². The van der Waals surface area contributed by atoms with Gasteiger partial charge in [-0.15, -0.1) is 0 Å². The van der Waals surface area contributed by atoms with Crippen molar-refractivity contribution in [1.82, 2.24) is 0 Å². The van der Waals surface area contributed by atoms with E-state index < -0.39 is 16.6 Å². The Hall–Kier alpha value is -0.596. The molecule has 6 heteroatoms. The maximum absolute atomic E-state index is 11.9. The Kier molecular flexibility index (Phi) is 8.28. The minimum absolute atomic E-state index is 0.0658. The molecule has 0 aliphatic heterocycles. The molecule has 0 spiro atoms. The van der Waals surface area contributed by atoms with Crippen LogP contribution in [0.5, 0.6) is 0 Å². The van der Waals surface area contributed by atoms with Crippen LogP contribution in [0.25, 0.3) is 0 Å². The first-order valence-electron chi connectivity index (χ1n) is 15.2. The number of allylic oxidation sites excluding steroid dienone is 2. The number of hydrogen-bond acceptors (Lipinski definition) is 4. The molecule has 4 nitrogen and oxygen atoms in total. The Labute approximate surface area is 229 Å². The van der Waals surface area contributed by atoms with E-state index in [-0.39, 0.29) is 5.97 Å². The molecule has 4 aliphatic rings. The van der Waals surface area contributed by atoms with Crippen LogP contribution in [-0.4, -0.2) is 35.8 Å². The topological polar surface area (TPSA) is 44.8 Å². The van der Waals surface area contributed by atoms with Gasteiger partial charge in [0, 0.05) is 18.4 Å². The van der Waals surface area contributed by atoms with Crippen molar-refractivity contribution >= 4 is 22.6 Å². The monoisotopic (exact) mass is 548 g/mol. The van der Waals surface area contributed by atoms with Crippen molar-refractivity contribution in [3.63, 3.8) is 0 Å². The molecule has 0 amide bonds. The number of esters is 1. The van der Waals surface area contributed by atoms with E-state index in [1.54, 1.807) is 0 Å². The van der Waals surface area contributed by atoms with Crippen LogP contribution in [0.4, 0.5) is 0 Å². The number of carbonyl (C=O) groups is 1. The largest absolute Gasteiger partial charge is 0.547 e. The highest BCUT2D eigenvalue weighted by molar-refractivity contribution is 6.70. The van der Waals surface area contributed by atoms with Gasteiger partial charge in [-0.3, -0.25) is 4.79 Å². The fraction of sp³-hybridized carbons (Fsp3) is 0.903.